The summed E-state index contributed by atoms with van der Waals surface area (Å²) >= 11 is 0. The van der Waals surface area contributed by atoms with Crippen LogP contribution in [0, 0.1) is 0 Å². The smallest absolute Gasteiger partial charge is 0.146 e. The van der Waals surface area contributed by atoms with Gasteiger partial charge < -0.3 is 5.73 Å². The van der Waals surface area contributed by atoms with Crippen molar-refractivity contribution in [3.63, 3.8) is 0 Å². The maximum atomic E-state index is 5.35. The van der Waals surface area contributed by atoms with E-state index in [4.69, 9.17) is 5.73 Å². The Hall–Kier alpha value is -1.12. The zero-order chi connectivity index (χ0) is 7.56. The van der Waals surface area contributed by atoms with E-state index in [1.54, 1.807) is 6.07 Å². The average molecular weight is 137 g/mol. The minimum atomic E-state index is 0.424. The third-order valence-electron chi connectivity index (χ3n) is 1.30. The summed E-state index contributed by atoms with van der Waals surface area (Å²) in [4.78, 5) is 0. The van der Waals surface area contributed by atoms with Gasteiger partial charge in [0.25, 0.3) is 0 Å². The van der Waals surface area contributed by atoms with Crippen LogP contribution in [0.5, 0.6) is 0 Å². The number of nitrogen functional groups attached to an aromatic ring is 1. The van der Waals surface area contributed by atoms with Crippen molar-refractivity contribution >= 4 is 5.82 Å². The van der Waals surface area contributed by atoms with Crippen LogP contribution in [0.4, 0.5) is 5.82 Å². The summed E-state index contributed by atoms with van der Waals surface area (Å²) in [5.41, 5.74) is 6.33. The number of hydrogen-bond acceptors (Lipinski definition) is 3. The molecule has 1 aromatic rings. The predicted octanol–water partition coefficient (Wildman–Crippen LogP) is 1.18. The van der Waals surface area contributed by atoms with Gasteiger partial charge in [0.1, 0.15) is 5.82 Å². The van der Waals surface area contributed by atoms with Crippen molar-refractivity contribution in [2.75, 3.05) is 5.73 Å². The zero-order valence-electron chi connectivity index (χ0n) is 6.20. The van der Waals surface area contributed by atoms with E-state index in [0.29, 0.717) is 11.7 Å². The number of nitrogens with two attached hydrogens (primary N) is 1. The Morgan fingerprint density at radius 1 is 1.30 bits per heavy atom. The highest BCUT2D eigenvalue weighted by molar-refractivity contribution is 5.26. The number of hydrogen-bond donors (Lipinski definition) is 1. The van der Waals surface area contributed by atoms with Crippen LogP contribution in [0.2, 0.25) is 0 Å². The Balaban J connectivity index is 2.89. The SMILES string of the molecule is CC(C)c1ccc(N)nn1. The highest BCUT2D eigenvalue weighted by Crippen LogP contribution is 2.09. The number of nitrogens with zero attached hydrogens (tertiary/aromatic N) is 2. The fourth-order valence-electron chi connectivity index (χ4n) is 0.661. The molecular weight excluding hydrogens is 126 g/mol. The van der Waals surface area contributed by atoms with Crippen LogP contribution in [0.3, 0.4) is 0 Å². The molecule has 1 rings (SSSR count). The fraction of sp³-hybridized carbons (Fsp3) is 0.429. The lowest BCUT2D eigenvalue weighted by Crippen LogP contribution is -1.97. The van der Waals surface area contributed by atoms with Crippen molar-refractivity contribution in [3.05, 3.63) is 17.8 Å². The van der Waals surface area contributed by atoms with Gasteiger partial charge in [0.2, 0.25) is 0 Å². The van der Waals surface area contributed by atoms with Gasteiger partial charge in [-0.05, 0) is 18.1 Å². The van der Waals surface area contributed by atoms with Crippen molar-refractivity contribution in [3.8, 4) is 0 Å². The molecule has 0 unspecified atom stereocenters. The summed E-state index contributed by atoms with van der Waals surface area (Å²) in [5, 5.41) is 7.63. The van der Waals surface area contributed by atoms with Gasteiger partial charge in [0.05, 0.1) is 5.69 Å². The Bertz CT molecular complexity index is 203. The first-order valence-electron chi connectivity index (χ1n) is 3.29. The van der Waals surface area contributed by atoms with Gasteiger partial charge >= 0.3 is 0 Å². The molecule has 0 fully saturated rings. The van der Waals surface area contributed by atoms with Crippen LogP contribution in [-0.4, -0.2) is 10.2 Å². The third kappa shape index (κ3) is 1.43. The summed E-state index contributed by atoms with van der Waals surface area (Å²) in [7, 11) is 0. The van der Waals surface area contributed by atoms with Crippen molar-refractivity contribution in [1.82, 2.24) is 10.2 Å². The topological polar surface area (TPSA) is 51.8 Å². The maximum absolute atomic E-state index is 5.35. The first-order chi connectivity index (χ1) is 4.70. The molecule has 0 aliphatic rings. The van der Waals surface area contributed by atoms with E-state index < -0.39 is 0 Å². The molecule has 0 radical (unpaired) electrons. The van der Waals surface area contributed by atoms with Crippen LogP contribution >= 0.6 is 0 Å². The van der Waals surface area contributed by atoms with Gasteiger partial charge in [0, 0.05) is 0 Å². The average Bonchev–Trinajstić information content (AvgIpc) is 1.88. The van der Waals surface area contributed by atoms with Crippen molar-refractivity contribution in [2.45, 2.75) is 19.8 Å². The van der Waals surface area contributed by atoms with Crippen molar-refractivity contribution < 1.29 is 0 Å². The van der Waals surface area contributed by atoms with Gasteiger partial charge in [-0.2, -0.15) is 5.10 Å². The molecule has 0 saturated heterocycles. The van der Waals surface area contributed by atoms with E-state index in [1.165, 1.54) is 0 Å². The molecule has 1 aromatic heterocycles. The van der Waals surface area contributed by atoms with Gasteiger partial charge in [-0.1, -0.05) is 13.8 Å². The van der Waals surface area contributed by atoms with E-state index in [-0.39, 0.29) is 0 Å². The second-order valence-electron chi connectivity index (χ2n) is 2.54. The van der Waals surface area contributed by atoms with Crippen LogP contribution in [0.15, 0.2) is 12.1 Å². The van der Waals surface area contributed by atoms with E-state index in [1.807, 2.05) is 6.07 Å². The molecule has 1 heterocycles. The molecule has 0 aliphatic carbocycles. The van der Waals surface area contributed by atoms with E-state index in [2.05, 4.69) is 24.0 Å². The molecule has 54 valence electrons. The number of rotatable bonds is 1. The highest BCUT2D eigenvalue weighted by atomic mass is 15.1. The summed E-state index contributed by atoms with van der Waals surface area (Å²) in [6.07, 6.45) is 0. The Kier molecular flexibility index (Phi) is 1.85. The summed E-state index contributed by atoms with van der Waals surface area (Å²) in [6, 6.07) is 3.66. The lowest BCUT2D eigenvalue weighted by molar-refractivity contribution is 0.788. The molecule has 0 aromatic carbocycles. The summed E-state index contributed by atoms with van der Waals surface area (Å²) < 4.78 is 0. The molecule has 3 nitrogen and oxygen atoms in total. The normalized spacial score (nSPS) is 10.3. The fourth-order valence-corrected chi connectivity index (χ4v) is 0.661. The van der Waals surface area contributed by atoms with Gasteiger partial charge in [-0.25, -0.2) is 0 Å². The molecule has 0 atom stereocenters. The van der Waals surface area contributed by atoms with Crippen LogP contribution in [-0.2, 0) is 0 Å². The third-order valence-corrected chi connectivity index (χ3v) is 1.30. The van der Waals surface area contributed by atoms with Gasteiger partial charge in [0.15, 0.2) is 0 Å². The van der Waals surface area contributed by atoms with E-state index in [9.17, 15) is 0 Å². The Labute approximate surface area is 60.3 Å². The minimum absolute atomic E-state index is 0.424. The molecule has 0 amide bonds. The first kappa shape index (κ1) is 6.99. The van der Waals surface area contributed by atoms with Crippen LogP contribution in [0.1, 0.15) is 25.5 Å². The minimum Gasteiger partial charge on any atom is -0.382 e. The lowest BCUT2D eigenvalue weighted by atomic mass is 10.1. The second-order valence-corrected chi connectivity index (χ2v) is 2.54. The lowest BCUT2D eigenvalue weighted by Gasteiger charge is -2.00. The largest absolute Gasteiger partial charge is 0.382 e. The molecule has 0 bridgehead atoms. The quantitative estimate of drug-likeness (QED) is 0.632. The zero-order valence-corrected chi connectivity index (χ0v) is 6.20. The number of aromatic nitrogens is 2. The molecule has 2 N–H and O–H groups in total. The van der Waals surface area contributed by atoms with E-state index in [0.717, 1.165) is 5.69 Å². The van der Waals surface area contributed by atoms with Gasteiger partial charge in [-0.3, -0.25) is 0 Å². The molecule has 3 heteroatoms. The maximum Gasteiger partial charge on any atom is 0.146 e. The van der Waals surface area contributed by atoms with Gasteiger partial charge in [-0.15, -0.1) is 5.10 Å². The molecule has 0 saturated carbocycles. The predicted molar refractivity (Wildman–Crippen MR) is 40.5 cm³/mol. The highest BCUT2D eigenvalue weighted by Gasteiger charge is 1.98. The van der Waals surface area contributed by atoms with Crippen LogP contribution in [0.25, 0.3) is 0 Å². The van der Waals surface area contributed by atoms with E-state index >= 15 is 0 Å². The molecule has 0 aliphatic heterocycles. The second kappa shape index (κ2) is 2.64. The number of anilines is 1. The molecule has 10 heavy (non-hydrogen) atoms. The van der Waals surface area contributed by atoms with Crippen molar-refractivity contribution in [1.29, 1.82) is 0 Å². The summed E-state index contributed by atoms with van der Waals surface area (Å²) in [6.45, 7) is 4.14. The first-order valence-corrected chi connectivity index (χ1v) is 3.29. The standard InChI is InChI=1S/C7H11N3/c1-5(2)6-3-4-7(8)10-9-6/h3-5H,1-2H3,(H2,8,10). The Morgan fingerprint density at radius 2 is 2.00 bits per heavy atom. The monoisotopic (exact) mass is 137 g/mol. The molecular formula is C7H11N3. The molecule has 0 spiro atoms. The Morgan fingerprint density at radius 3 is 2.40 bits per heavy atom. The van der Waals surface area contributed by atoms with Crippen molar-refractivity contribution in [2.24, 2.45) is 0 Å². The summed E-state index contributed by atoms with van der Waals surface area (Å²) in [5.74, 6) is 0.900. The van der Waals surface area contributed by atoms with Crippen LogP contribution < -0.4 is 5.73 Å².